The highest BCUT2D eigenvalue weighted by atomic mass is 16.5. The number of rotatable bonds is 11. The van der Waals surface area contributed by atoms with E-state index < -0.39 is 18.2 Å². The fourth-order valence-corrected chi connectivity index (χ4v) is 2.60. The summed E-state index contributed by atoms with van der Waals surface area (Å²) >= 11 is 0. The van der Waals surface area contributed by atoms with Crippen molar-refractivity contribution in [3.8, 4) is 0 Å². The molecular weight excluding hydrogens is 270 g/mol. The standard InChI is InChI=1S/C16H29NO4/c1-2-3-4-5-6-7-8-9-12-17-15(18)13-10-11-14(21-13)16(19)20/h13-14H,2-12H2,1H3,(H,17,18)(H,19,20). The van der Waals surface area contributed by atoms with Gasteiger partial charge in [-0.1, -0.05) is 51.9 Å². The molecule has 5 heteroatoms. The van der Waals surface area contributed by atoms with Crippen LogP contribution in [-0.2, 0) is 14.3 Å². The highest BCUT2D eigenvalue weighted by Gasteiger charge is 2.34. The first-order valence-corrected chi connectivity index (χ1v) is 8.31. The molecule has 122 valence electrons. The number of aliphatic carboxylic acids is 1. The van der Waals surface area contributed by atoms with Crippen molar-refractivity contribution in [1.82, 2.24) is 5.32 Å². The van der Waals surface area contributed by atoms with Crippen molar-refractivity contribution in [2.75, 3.05) is 6.54 Å². The van der Waals surface area contributed by atoms with E-state index in [1.54, 1.807) is 0 Å². The normalized spacial score (nSPS) is 21.4. The van der Waals surface area contributed by atoms with Crippen LogP contribution in [0.3, 0.4) is 0 Å². The summed E-state index contributed by atoms with van der Waals surface area (Å²) in [5.41, 5.74) is 0. The minimum absolute atomic E-state index is 0.165. The summed E-state index contributed by atoms with van der Waals surface area (Å²) in [5.74, 6) is -1.14. The summed E-state index contributed by atoms with van der Waals surface area (Å²) in [6.07, 6.45) is 9.39. The largest absolute Gasteiger partial charge is 0.479 e. The Labute approximate surface area is 127 Å². The Kier molecular flexibility index (Phi) is 9.06. The van der Waals surface area contributed by atoms with Crippen LogP contribution in [0.15, 0.2) is 0 Å². The number of carbonyl (C=O) groups excluding carboxylic acids is 1. The van der Waals surface area contributed by atoms with E-state index >= 15 is 0 Å². The van der Waals surface area contributed by atoms with Gasteiger partial charge in [-0.3, -0.25) is 4.79 Å². The molecule has 0 aromatic rings. The lowest BCUT2D eigenvalue weighted by Crippen LogP contribution is -2.36. The first-order valence-electron chi connectivity index (χ1n) is 8.31. The van der Waals surface area contributed by atoms with Gasteiger partial charge in [-0.25, -0.2) is 4.79 Å². The Hall–Kier alpha value is -1.10. The molecule has 1 aliphatic heterocycles. The van der Waals surface area contributed by atoms with Crippen LogP contribution in [0.5, 0.6) is 0 Å². The number of hydrogen-bond donors (Lipinski definition) is 2. The quantitative estimate of drug-likeness (QED) is 0.575. The summed E-state index contributed by atoms with van der Waals surface area (Å²) in [4.78, 5) is 22.5. The molecule has 2 unspecified atom stereocenters. The van der Waals surface area contributed by atoms with Crippen LogP contribution < -0.4 is 5.32 Å². The molecule has 1 rings (SSSR count). The number of nitrogens with one attached hydrogen (secondary N) is 1. The van der Waals surface area contributed by atoms with Crippen LogP contribution in [0.4, 0.5) is 0 Å². The Morgan fingerprint density at radius 1 is 1.00 bits per heavy atom. The van der Waals surface area contributed by atoms with Crippen LogP contribution >= 0.6 is 0 Å². The molecule has 0 aromatic heterocycles. The molecule has 0 aliphatic carbocycles. The number of unbranched alkanes of at least 4 members (excludes halogenated alkanes) is 7. The molecule has 1 fully saturated rings. The van der Waals surface area contributed by atoms with Crippen LogP contribution in [0.2, 0.25) is 0 Å². The average molecular weight is 299 g/mol. The van der Waals surface area contributed by atoms with Crippen molar-refractivity contribution in [1.29, 1.82) is 0 Å². The fourth-order valence-electron chi connectivity index (χ4n) is 2.60. The number of carbonyl (C=O) groups is 2. The van der Waals surface area contributed by atoms with Gasteiger partial charge in [0.1, 0.15) is 6.10 Å². The fraction of sp³-hybridized carbons (Fsp3) is 0.875. The van der Waals surface area contributed by atoms with E-state index in [1.807, 2.05) is 0 Å². The third-order valence-electron chi connectivity index (χ3n) is 3.92. The molecule has 5 nitrogen and oxygen atoms in total. The van der Waals surface area contributed by atoms with Gasteiger partial charge in [-0.2, -0.15) is 0 Å². The Balaban J connectivity index is 1.96. The number of carboxylic acids is 1. The topological polar surface area (TPSA) is 75.6 Å². The van der Waals surface area contributed by atoms with Gasteiger partial charge in [0.05, 0.1) is 0 Å². The minimum atomic E-state index is -0.978. The first kappa shape index (κ1) is 18.0. The van der Waals surface area contributed by atoms with E-state index in [0.29, 0.717) is 19.4 Å². The van der Waals surface area contributed by atoms with Gasteiger partial charge in [0.2, 0.25) is 5.91 Å². The second kappa shape index (κ2) is 10.6. The molecule has 0 spiro atoms. The minimum Gasteiger partial charge on any atom is -0.479 e. The Morgan fingerprint density at radius 2 is 1.57 bits per heavy atom. The molecule has 0 saturated carbocycles. The molecule has 1 heterocycles. The lowest BCUT2D eigenvalue weighted by atomic mass is 10.1. The van der Waals surface area contributed by atoms with Crippen molar-refractivity contribution in [3.63, 3.8) is 0 Å². The molecule has 2 atom stereocenters. The third-order valence-corrected chi connectivity index (χ3v) is 3.92. The van der Waals surface area contributed by atoms with E-state index in [9.17, 15) is 9.59 Å². The second-order valence-electron chi connectivity index (χ2n) is 5.79. The van der Waals surface area contributed by atoms with Crippen LogP contribution in [0, 0.1) is 0 Å². The zero-order chi connectivity index (χ0) is 15.5. The molecule has 0 radical (unpaired) electrons. The third kappa shape index (κ3) is 7.46. The smallest absolute Gasteiger partial charge is 0.332 e. The summed E-state index contributed by atoms with van der Waals surface area (Å²) in [6, 6.07) is 0. The van der Waals surface area contributed by atoms with Crippen molar-refractivity contribution in [2.45, 2.75) is 83.3 Å². The molecule has 21 heavy (non-hydrogen) atoms. The average Bonchev–Trinajstić information content (AvgIpc) is 2.95. The van der Waals surface area contributed by atoms with Gasteiger partial charge < -0.3 is 15.2 Å². The van der Waals surface area contributed by atoms with E-state index in [4.69, 9.17) is 9.84 Å². The zero-order valence-corrected chi connectivity index (χ0v) is 13.1. The lowest BCUT2D eigenvalue weighted by Gasteiger charge is -2.11. The maximum absolute atomic E-state index is 11.8. The predicted molar refractivity (Wildman–Crippen MR) is 81.2 cm³/mol. The van der Waals surface area contributed by atoms with Gasteiger partial charge in [-0.05, 0) is 19.3 Å². The van der Waals surface area contributed by atoms with E-state index in [1.165, 1.54) is 38.5 Å². The van der Waals surface area contributed by atoms with Crippen molar-refractivity contribution in [3.05, 3.63) is 0 Å². The summed E-state index contributed by atoms with van der Waals surface area (Å²) in [5, 5.41) is 11.6. The van der Waals surface area contributed by atoms with Crippen molar-refractivity contribution in [2.24, 2.45) is 0 Å². The zero-order valence-electron chi connectivity index (χ0n) is 13.1. The maximum Gasteiger partial charge on any atom is 0.332 e. The highest BCUT2D eigenvalue weighted by molar-refractivity contribution is 5.82. The van der Waals surface area contributed by atoms with Crippen LogP contribution in [-0.4, -0.2) is 35.7 Å². The second-order valence-corrected chi connectivity index (χ2v) is 5.79. The highest BCUT2D eigenvalue weighted by Crippen LogP contribution is 2.19. The molecular formula is C16H29NO4. The Bertz CT molecular complexity index is 319. The summed E-state index contributed by atoms with van der Waals surface area (Å²) in [6.45, 7) is 2.88. The maximum atomic E-state index is 11.8. The summed E-state index contributed by atoms with van der Waals surface area (Å²) < 4.78 is 5.21. The molecule has 1 amide bonds. The van der Waals surface area contributed by atoms with Gasteiger partial charge in [0.25, 0.3) is 0 Å². The number of hydrogen-bond acceptors (Lipinski definition) is 3. The Morgan fingerprint density at radius 3 is 2.14 bits per heavy atom. The van der Waals surface area contributed by atoms with Crippen LogP contribution in [0.1, 0.15) is 71.1 Å². The molecule has 1 aliphatic rings. The van der Waals surface area contributed by atoms with E-state index in [0.717, 1.165) is 12.8 Å². The molecule has 1 saturated heterocycles. The monoisotopic (exact) mass is 299 g/mol. The van der Waals surface area contributed by atoms with E-state index in [2.05, 4.69) is 12.2 Å². The number of amides is 1. The van der Waals surface area contributed by atoms with Crippen molar-refractivity contribution >= 4 is 11.9 Å². The lowest BCUT2D eigenvalue weighted by molar-refractivity contribution is -0.151. The van der Waals surface area contributed by atoms with Gasteiger partial charge in [0.15, 0.2) is 6.10 Å². The van der Waals surface area contributed by atoms with Gasteiger partial charge in [-0.15, -0.1) is 0 Å². The number of carboxylic acid groups (broad SMARTS) is 1. The first-order chi connectivity index (χ1) is 10.1. The molecule has 0 bridgehead atoms. The van der Waals surface area contributed by atoms with Crippen LogP contribution in [0.25, 0.3) is 0 Å². The molecule has 2 N–H and O–H groups in total. The SMILES string of the molecule is CCCCCCCCCCNC(=O)C1CCC(C(=O)O)O1. The van der Waals surface area contributed by atoms with E-state index in [-0.39, 0.29) is 5.91 Å². The number of ether oxygens (including phenoxy) is 1. The predicted octanol–water partition coefficient (Wildman–Crippen LogP) is 2.88. The van der Waals surface area contributed by atoms with Gasteiger partial charge in [0, 0.05) is 6.54 Å². The van der Waals surface area contributed by atoms with Gasteiger partial charge >= 0.3 is 5.97 Å². The van der Waals surface area contributed by atoms with Crippen molar-refractivity contribution < 1.29 is 19.4 Å². The summed E-state index contributed by atoms with van der Waals surface area (Å²) in [7, 11) is 0. The molecule has 0 aromatic carbocycles.